The van der Waals surface area contributed by atoms with Gasteiger partial charge in [0, 0.05) is 30.1 Å². The van der Waals surface area contributed by atoms with Crippen molar-refractivity contribution in [2.75, 3.05) is 7.05 Å². The number of aromatic nitrogens is 1. The van der Waals surface area contributed by atoms with E-state index in [1.54, 1.807) is 23.1 Å². The van der Waals surface area contributed by atoms with Gasteiger partial charge < -0.3 is 4.90 Å². The lowest BCUT2D eigenvalue weighted by atomic mass is 9.83. The average molecular weight is 390 g/mol. The van der Waals surface area contributed by atoms with Crippen molar-refractivity contribution in [3.63, 3.8) is 0 Å². The summed E-state index contributed by atoms with van der Waals surface area (Å²) in [4.78, 5) is 19.2. The van der Waals surface area contributed by atoms with Gasteiger partial charge in [-0.1, -0.05) is 31.9 Å². The molecule has 0 saturated heterocycles. The molecular weight excluding hydrogens is 362 g/mol. The Labute approximate surface area is 160 Å². The number of hydrogen-bond donors (Lipinski definition) is 1. The number of nitrogens with zero attached hydrogens (tertiary/aromatic N) is 2. The van der Waals surface area contributed by atoms with Crippen molar-refractivity contribution in [2.45, 2.75) is 56.4 Å². The highest BCUT2D eigenvalue weighted by Crippen LogP contribution is 2.31. The van der Waals surface area contributed by atoms with E-state index in [9.17, 15) is 13.2 Å². The molecule has 0 atom stereocenters. The van der Waals surface area contributed by atoms with E-state index in [2.05, 4.69) is 11.9 Å². The lowest BCUT2D eigenvalue weighted by Gasteiger charge is -2.34. The minimum Gasteiger partial charge on any atom is -0.337 e. The van der Waals surface area contributed by atoms with Gasteiger partial charge in [-0.25, -0.2) is 13.6 Å². The molecule has 0 bridgehead atoms. The van der Waals surface area contributed by atoms with E-state index in [0.29, 0.717) is 10.8 Å². The summed E-state index contributed by atoms with van der Waals surface area (Å²) < 4.78 is 23.7. The number of nitrogens with two attached hydrogens (primary N) is 1. The molecular formula is C20H27N3O3S. The number of benzene rings is 1. The van der Waals surface area contributed by atoms with Gasteiger partial charge in [-0.15, -0.1) is 0 Å². The Hall–Kier alpha value is -1.99. The third-order valence-electron chi connectivity index (χ3n) is 5.66. The molecule has 146 valence electrons. The summed E-state index contributed by atoms with van der Waals surface area (Å²) in [5.74, 6) is 0.592. The number of carbonyl (C=O) groups excluding carboxylic acids is 1. The topological polar surface area (TPSA) is 93.4 Å². The molecule has 27 heavy (non-hydrogen) atoms. The summed E-state index contributed by atoms with van der Waals surface area (Å²) in [5, 5.41) is 6.26. The van der Waals surface area contributed by atoms with Gasteiger partial charge in [-0.2, -0.15) is 0 Å². The van der Waals surface area contributed by atoms with Gasteiger partial charge in [0.05, 0.1) is 4.90 Å². The minimum atomic E-state index is -3.88. The molecule has 3 rings (SSSR count). The van der Waals surface area contributed by atoms with Crippen molar-refractivity contribution < 1.29 is 13.2 Å². The second-order valence-corrected chi connectivity index (χ2v) is 8.96. The van der Waals surface area contributed by atoms with Crippen LogP contribution in [0.5, 0.6) is 0 Å². The Morgan fingerprint density at radius 1 is 1.19 bits per heavy atom. The first-order valence-electron chi connectivity index (χ1n) is 9.50. The molecule has 1 fully saturated rings. The van der Waals surface area contributed by atoms with Crippen LogP contribution in [0.1, 0.15) is 55.9 Å². The highest BCUT2D eigenvalue weighted by Gasteiger charge is 2.28. The largest absolute Gasteiger partial charge is 0.337 e. The zero-order valence-electron chi connectivity index (χ0n) is 15.9. The summed E-state index contributed by atoms with van der Waals surface area (Å²) in [6, 6.07) is 6.54. The number of amides is 1. The van der Waals surface area contributed by atoms with Crippen LogP contribution < -0.4 is 5.14 Å². The molecule has 0 unspecified atom stereocenters. The van der Waals surface area contributed by atoms with Crippen LogP contribution in [0.4, 0.5) is 0 Å². The van der Waals surface area contributed by atoms with Gasteiger partial charge >= 0.3 is 0 Å². The Kier molecular flexibility index (Phi) is 5.81. The molecule has 1 aromatic carbocycles. The monoisotopic (exact) mass is 389 g/mol. The quantitative estimate of drug-likeness (QED) is 0.849. The van der Waals surface area contributed by atoms with Crippen molar-refractivity contribution >= 4 is 26.7 Å². The number of fused-ring (bicyclic) bond motifs is 1. The average Bonchev–Trinajstić information content (AvgIpc) is 2.66. The van der Waals surface area contributed by atoms with Gasteiger partial charge in [0.15, 0.2) is 0 Å². The van der Waals surface area contributed by atoms with E-state index in [4.69, 9.17) is 5.14 Å². The maximum Gasteiger partial charge on any atom is 0.273 e. The zero-order valence-corrected chi connectivity index (χ0v) is 16.7. The number of carbonyl (C=O) groups is 1. The molecule has 0 radical (unpaired) electrons. The Bertz CT molecular complexity index is 935. The molecule has 0 aliphatic heterocycles. The molecule has 1 saturated carbocycles. The molecule has 2 N–H and O–H groups in total. The first-order chi connectivity index (χ1) is 12.8. The number of rotatable bonds is 5. The van der Waals surface area contributed by atoms with E-state index in [1.807, 2.05) is 7.05 Å². The summed E-state index contributed by atoms with van der Waals surface area (Å²) in [6.07, 6.45) is 8.22. The third kappa shape index (κ3) is 4.14. The van der Waals surface area contributed by atoms with Gasteiger partial charge in [0.2, 0.25) is 10.0 Å². The number of hydrogen-bond acceptors (Lipinski definition) is 4. The fourth-order valence-electron chi connectivity index (χ4n) is 4.16. The highest BCUT2D eigenvalue weighted by molar-refractivity contribution is 7.89. The Balaban J connectivity index is 1.88. The van der Waals surface area contributed by atoms with E-state index < -0.39 is 10.0 Å². The zero-order chi connectivity index (χ0) is 19.6. The van der Waals surface area contributed by atoms with Gasteiger partial charge in [-0.3, -0.25) is 9.78 Å². The van der Waals surface area contributed by atoms with Crippen molar-refractivity contribution in [2.24, 2.45) is 11.1 Å². The molecule has 1 aromatic heterocycles. The lowest BCUT2D eigenvalue weighted by molar-refractivity contribution is 0.0669. The maximum atomic E-state index is 13.1. The summed E-state index contributed by atoms with van der Waals surface area (Å²) in [6.45, 7) is 2.21. The SMILES string of the molecule is CCCC1CCC(N(C)C(=O)c2nccc3c(S(N)(=O)=O)cccc23)CC1. The standard InChI is InChI=1S/C20H27N3O3S/c1-3-5-14-8-10-15(11-9-14)23(2)20(24)19-17-6-4-7-18(27(21,25)26)16(17)12-13-22-19/h4,6-7,12-15H,3,5,8-11H2,1-2H3,(H2,21,25,26). The van der Waals surface area contributed by atoms with Gasteiger partial charge in [0.25, 0.3) is 5.91 Å². The van der Waals surface area contributed by atoms with Gasteiger partial charge in [-0.05, 0) is 43.7 Å². The van der Waals surface area contributed by atoms with Crippen molar-refractivity contribution in [1.29, 1.82) is 0 Å². The summed E-state index contributed by atoms with van der Waals surface area (Å²) in [7, 11) is -2.06. The molecule has 2 aromatic rings. The van der Waals surface area contributed by atoms with Crippen LogP contribution in [-0.4, -0.2) is 37.3 Å². The second kappa shape index (κ2) is 7.94. The van der Waals surface area contributed by atoms with Crippen LogP contribution in [-0.2, 0) is 10.0 Å². The Morgan fingerprint density at radius 3 is 2.52 bits per heavy atom. The predicted molar refractivity (Wildman–Crippen MR) is 106 cm³/mol. The summed E-state index contributed by atoms with van der Waals surface area (Å²) >= 11 is 0. The number of sulfonamides is 1. The van der Waals surface area contributed by atoms with Crippen LogP contribution in [0, 0.1) is 5.92 Å². The molecule has 7 heteroatoms. The van der Waals surface area contributed by atoms with E-state index in [0.717, 1.165) is 31.6 Å². The van der Waals surface area contributed by atoms with Crippen LogP contribution in [0.15, 0.2) is 35.4 Å². The first kappa shape index (κ1) is 19.8. The first-order valence-corrected chi connectivity index (χ1v) is 11.0. The van der Waals surface area contributed by atoms with Crippen molar-refractivity contribution in [3.05, 3.63) is 36.2 Å². The highest BCUT2D eigenvalue weighted by atomic mass is 32.2. The predicted octanol–water partition coefficient (Wildman–Crippen LogP) is 3.31. The summed E-state index contributed by atoms with van der Waals surface area (Å²) in [5.41, 5.74) is 0.274. The molecule has 0 spiro atoms. The smallest absolute Gasteiger partial charge is 0.273 e. The van der Waals surface area contributed by atoms with E-state index in [1.165, 1.54) is 25.1 Å². The van der Waals surface area contributed by atoms with Crippen LogP contribution in [0.3, 0.4) is 0 Å². The molecule has 1 heterocycles. The maximum absolute atomic E-state index is 13.1. The molecule has 1 aliphatic rings. The molecule has 1 amide bonds. The van der Waals surface area contributed by atoms with Crippen LogP contribution in [0.2, 0.25) is 0 Å². The van der Waals surface area contributed by atoms with Gasteiger partial charge in [0.1, 0.15) is 5.69 Å². The number of pyridine rings is 1. The number of primary sulfonamides is 1. The second-order valence-electron chi connectivity index (χ2n) is 7.44. The third-order valence-corrected chi connectivity index (χ3v) is 6.63. The van der Waals surface area contributed by atoms with Crippen LogP contribution in [0.25, 0.3) is 10.8 Å². The lowest BCUT2D eigenvalue weighted by Crippen LogP contribution is -2.40. The van der Waals surface area contributed by atoms with Crippen molar-refractivity contribution in [1.82, 2.24) is 9.88 Å². The molecule has 1 aliphatic carbocycles. The minimum absolute atomic E-state index is 0.0131. The molecule has 6 nitrogen and oxygen atoms in total. The van der Waals surface area contributed by atoms with E-state index >= 15 is 0 Å². The van der Waals surface area contributed by atoms with Crippen molar-refractivity contribution in [3.8, 4) is 0 Å². The van der Waals surface area contributed by atoms with Crippen LogP contribution >= 0.6 is 0 Å². The fourth-order valence-corrected chi connectivity index (χ4v) is 4.91. The van der Waals surface area contributed by atoms with E-state index in [-0.39, 0.29) is 22.5 Å². The normalized spacial score (nSPS) is 20.6. The Morgan fingerprint density at radius 2 is 1.89 bits per heavy atom. The fraction of sp³-hybridized carbons (Fsp3) is 0.500.